The number of anilines is 1. The van der Waals surface area contributed by atoms with Gasteiger partial charge in [0.1, 0.15) is 10.6 Å². The summed E-state index contributed by atoms with van der Waals surface area (Å²) in [5, 5.41) is 4.91. The van der Waals surface area contributed by atoms with Gasteiger partial charge in [-0.1, -0.05) is 38.2 Å². The molecular formula is C21H23F3N2O4S2. The largest absolute Gasteiger partial charge is 0.573 e. The van der Waals surface area contributed by atoms with Crippen molar-refractivity contribution < 1.29 is 31.1 Å². The van der Waals surface area contributed by atoms with Gasteiger partial charge in [0.25, 0.3) is 0 Å². The summed E-state index contributed by atoms with van der Waals surface area (Å²) in [6.07, 6.45) is 2.95. The van der Waals surface area contributed by atoms with Crippen molar-refractivity contribution in [1.29, 1.82) is 0 Å². The number of hydrogen-bond acceptors (Lipinski definition) is 6. The van der Waals surface area contributed by atoms with Crippen molar-refractivity contribution in [2.24, 2.45) is 11.8 Å². The summed E-state index contributed by atoms with van der Waals surface area (Å²) in [7, 11) is -3.98. The Kier molecular flexibility index (Phi) is 6.00. The second-order valence-electron chi connectivity index (χ2n) is 8.45. The molecule has 0 saturated heterocycles. The zero-order chi connectivity index (χ0) is 23.1. The van der Waals surface area contributed by atoms with Crippen LogP contribution in [-0.2, 0) is 20.0 Å². The lowest BCUT2D eigenvalue weighted by Gasteiger charge is -2.26. The first-order valence-electron chi connectivity index (χ1n) is 10.3. The quantitative estimate of drug-likeness (QED) is 0.624. The molecule has 2 fully saturated rings. The monoisotopic (exact) mass is 488 g/mol. The van der Waals surface area contributed by atoms with Crippen LogP contribution in [0.1, 0.15) is 44.1 Å². The first kappa shape index (κ1) is 23.0. The molecule has 174 valence electrons. The standard InChI is InChI=1S/C21H23F3N2O4S2/c1-32(28,29)17-8-7-14(11-16(17)30-21(22,23)24)20(18(27)26-19-25-9-10-31-19)12-15(20)13-5-3-2-4-6-13/h7-11,13,15H,2-6,12H2,1H3,(H,25,26,27). The SMILES string of the molecule is CS(=O)(=O)c1ccc(C2(C(=O)Nc3nccs3)CC2C2CCCCC2)cc1OC(F)(F)F. The van der Waals surface area contributed by atoms with Crippen LogP contribution < -0.4 is 10.1 Å². The lowest BCUT2D eigenvalue weighted by Crippen LogP contribution is -2.32. The van der Waals surface area contributed by atoms with Gasteiger partial charge < -0.3 is 10.1 Å². The number of rotatable bonds is 6. The summed E-state index contributed by atoms with van der Waals surface area (Å²) in [5.41, 5.74) is -0.721. The summed E-state index contributed by atoms with van der Waals surface area (Å²) in [5.74, 6) is -0.903. The number of nitrogens with one attached hydrogen (secondary N) is 1. The minimum atomic E-state index is -5.07. The van der Waals surface area contributed by atoms with Crippen molar-refractivity contribution in [1.82, 2.24) is 4.98 Å². The number of hydrogen-bond donors (Lipinski definition) is 1. The predicted molar refractivity (Wildman–Crippen MR) is 113 cm³/mol. The molecule has 1 N–H and O–H groups in total. The third-order valence-corrected chi connectivity index (χ3v) is 8.20. The number of aromatic nitrogens is 1. The number of amides is 1. The van der Waals surface area contributed by atoms with E-state index in [0.717, 1.165) is 50.5 Å². The average Bonchev–Trinajstić information content (AvgIpc) is 3.28. The lowest BCUT2D eigenvalue weighted by molar-refractivity contribution is -0.275. The van der Waals surface area contributed by atoms with Crippen LogP contribution in [0, 0.1) is 11.8 Å². The number of nitrogens with zero attached hydrogens (tertiary/aromatic N) is 1. The van der Waals surface area contributed by atoms with Crippen molar-refractivity contribution in [3.63, 3.8) is 0 Å². The predicted octanol–water partition coefficient (Wildman–Crippen LogP) is 4.92. The smallest absolute Gasteiger partial charge is 0.404 e. The van der Waals surface area contributed by atoms with E-state index in [0.29, 0.717) is 17.1 Å². The van der Waals surface area contributed by atoms with E-state index in [2.05, 4.69) is 15.0 Å². The fourth-order valence-electron chi connectivity index (χ4n) is 4.91. The fourth-order valence-corrected chi connectivity index (χ4v) is 6.21. The molecular weight excluding hydrogens is 465 g/mol. The Labute approximate surface area is 188 Å². The Morgan fingerprint density at radius 1 is 1.25 bits per heavy atom. The number of benzene rings is 1. The van der Waals surface area contributed by atoms with Crippen molar-refractivity contribution in [3.8, 4) is 5.75 Å². The maximum Gasteiger partial charge on any atom is 0.573 e. The van der Waals surface area contributed by atoms with Gasteiger partial charge in [-0.25, -0.2) is 13.4 Å². The van der Waals surface area contributed by atoms with Crippen LogP contribution in [0.15, 0.2) is 34.7 Å². The van der Waals surface area contributed by atoms with Crippen LogP contribution in [0.5, 0.6) is 5.75 Å². The Morgan fingerprint density at radius 3 is 2.56 bits per heavy atom. The zero-order valence-corrected chi connectivity index (χ0v) is 18.9. The van der Waals surface area contributed by atoms with Gasteiger partial charge in [-0.2, -0.15) is 0 Å². The third kappa shape index (κ3) is 4.63. The summed E-state index contributed by atoms with van der Waals surface area (Å²) >= 11 is 1.25. The van der Waals surface area contributed by atoms with Crippen LogP contribution in [-0.4, -0.2) is 31.9 Å². The second kappa shape index (κ2) is 8.33. The summed E-state index contributed by atoms with van der Waals surface area (Å²) in [4.78, 5) is 16.9. The van der Waals surface area contributed by atoms with Crippen molar-refractivity contribution in [2.75, 3.05) is 11.6 Å². The van der Waals surface area contributed by atoms with Gasteiger partial charge in [-0.3, -0.25) is 4.79 Å². The van der Waals surface area contributed by atoms with Gasteiger partial charge >= 0.3 is 6.36 Å². The molecule has 2 aliphatic rings. The topological polar surface area (TPSA) is 85.4 Å². The van der Waals surface area contributed by atoms with E-state index in [1.165, 1.54) is 17.4 Å². The highest BCUT2D eigenvalue weighted by molar-refractivity contribution is 7.90. The molecule has 2 saturated carbocycles. The second-order valence-corrected chi connectivity index (χ2v) is 11.3. The van der Waals surface area contributed by atoms with E-state index in [-0.39, 0.29) is 17.7 Å². The van der Waals surface area contributed by atoms with Crippen molar-refractivity contribution in [2.45, 2.75) is 55.2 Å². The van der Waals surface area contributed by atoms with E-state index in [1.807, 2.05) is 0 Å². The van der Waals surface area contributed by atoms with Crippen LogP contribution in [0.4, 0.5) is 18.3 Å². The number of alkyl halides is 3. The molecule has 1 aromatic heterocycles. The molecule has 1 aromatic carbocycles. The Balaban J connectivity index is 1.75. The van der Waals surface area contributed by atoms with E-state index < -0.39 is 32.3 Å². The fraction of sp³-hybridized carbons (Fsp3) is 0.524. The lowest BCUT2D eigenvalue weighted by atomic mass is 9.80. The van der Waals surface area contributed by atoms with E-state index >= 15 is 0 Å². The maximum absolute atomic E-state index is 13.4. The van der Waals surface area contributed by atoms with E-state index in [4.69, 9.17) is 0 Å². The molecule has 0 radical (unpaired) electrons. The number of sulfone groups is 1. The average molecular weight is 489 g/mol. The van der Waals surface area contributed by atoms with E-state index in [1.54, 1.807) is 11.6 Å². The van der Waals surface area contributed by atoms with Gasteiger partial charge in [-0.15, -0.1) is 24.5 Å². The molecule has 0 bridgehead atoms. The first-order chi connectivity index (χ1) is 15.0. The molecule has 4 rings (SSSR count). The molecule has 2 aliphatic carbocycles. The van der Waals surface area contributed by atoms with Gasteiger partial charge in [-0.05, 0) is 36.0 Å². The van der Waals surface area contributed by atoms with Gasteiger partial charge in [0.05, 0.1) is 5.41 Å². The first-order valence-corrected chi connectivity index (χ1v) is 13.1. The third-order valence-electron chi connectivity index (χ3n) is 6.38. The number of carbonyl (C=O) groups excluding carboxylic acids is 1. The molecule has 0 spiro atoms. The molecule has 2 aromatic rings. The van der Waals surface area contributed by atoms with Gasteiger partial charge in [0, 0.05) is 17.8 Å². The Morgan fingerprint density at radius 2 is 1.97 bits per heavy atom. The van der Waals surface area contributed by atoms with Gasteiger partial charge in [0.2, 0.25) is 5.91 Å². The van der Waals surface area contributed by atoms with Gasteiger partial charge in [0.15, 0.2) is 15.0 Å². The van der Waals surface area contributed by atoms with Crippen LogP contribution >= 0.6 is 11.3 Å². The summed E-state index contributed by atoms with van der Waals surface area (Å²) in [6.45, 7) is 0. The highest BCUT2D eigenvalue weighted by Crippen LogP contribution is 2.61. The normalized spacial score (nSPS) is 24.2. The van der Waals surface area contributed by atoms with Crippen LogP contribution in [0.3, 0.4) is 0 Å². The molecule has 0 aliphatic heterocycles. The number of ether oxygens (including phenoxy) is 1. The molecule has 1 amide bonds. The maximum atomic E-state index is 13.4. The molecule has 6 nitrogen and oxygen atoms in total. The van der Waals surface area contributed by atoms with Crippen LogP contribution in [0.25, 0.3) is 0 Å². The number of thiazole rings is 1. The summed E-state index contributed by atoms with van der Waals surface area (Å²) in [6, 6.07) is 3.60. The van der Waals surface area contributed by atoms with Crippen molar-refractivity contribution in [3.05, 3.63) is 35.3 Å². The summed E-state index contributed by atoms with van der Waals surface area (Å²) < 4.78 is 67.2. The number of halogens is 3. The molecule has 1 heterocycles. The number of carbonyl (C=O) groups is 1. The Bertz CT molecular complexity index is 1100. The Hall–Kier alpha value is -2.14. The molecule has 11 heteroatoms. The minimum absolute atomic E-state index is 0.0365. The molecule has 2 atom stereocenters. The minimum Gasteiger partial charge on any atom is -0.404 e. The van der Waals surface area contributed by atoms with E-state index in [9.17, 15) is 26.4 Å². The molecule has 32 heavy (non-hydrogen) atoms. The van der Waals surface area contributed by atoms with Crippen LogP contribution in [0.2, 0.25) is 0 Å². The molecule has 2 unspecified atom stereocenters. The zero-order valence-electron chi connectivity index (χ0n) is 17.3. The highest BCUT2D eigenvalue weighted by Gasteiger charge is 2.63. The van der Waals surface area contributed by atoms with Crippen molar-refractivity contribution >= 4 is 32.2 Å². The highest BCUT2D eigenvalue weighted by atomic mass is 32.2.